The zero-order valence-corrected chi connectivity index (χ0v) is 10.9. The second-order valence-electron chi connectivity index (χ2n) is 4.77. The van der Waals surface area contributed by atoms with Crippen molar-refractivity contribution in [3.05, 3.63) is 35.9 Å². The molecule has 0 saturated carbocycles. The minimum atomic E-state index is 0.0549. The van der Waals surface area contributed by atoms with Crippen LogP contribution < -0.4 is 10.6 Å². The van der Waals surface area contributed by atoms with Gasteiger partial charge in [-0.15, -0.1) is 0 Å². The molecule has 1 aliphatic rings. The van der Waals surface area contributed by atoms with Crippen LogP contribution in [0.25, 0.3) is 0 Å². The zero-order valence-electron chi connectivity index (χ0n) is 10.9. The molecule has 18 heavy (non-hydrogen) atoms. The van der Waals surface area contributed by atoms with E-state index in [1.165, 1.54) is 5.56 Å². The fraction of sp³-hybridized carbons (Fsp3) is 0.500. The molecule has 1 unspecified atom stereocenters. The molecule has 1 saturated heterocycles. The lowest BCUT2D eigenvalue weighted by atomic mass is 10.1. The number of hydrogen-bond acceptors (Lipinski definition) is 2. The van der Waals surface area contributed by atoms with Gasteiger partial charge in [0.05, 0.1) is 0 Å². The van der Waals surface area contributed by atoms with Crippen molar-refractivity contribution in [3.63, 3.8) is 0 Å². The number of amides is 2. The summed E-state index contributed by atoms with van der Waals surface area (Å²) in [5.74, 6) is 0. The van der Waals surface area contributed by atoms with E-state index in [4.69, 9.17) is 0 Å². The molecule has 1 fully saturated rings. The summed E-state index contributed by atoms with van der Waals surface area (Å²) in [7, 11) is 0. The summed E-state index contributed by atoms with van der Waals surface area (Å²) in [5, 5.41) is 6.31. The van der Waals surface area contributed by atoms with E-state index in [-0.39, 0.29) is 6.03 Å². The third-order valence-electron chi connectivity index (χ3n) is 3.19. The Morgan fingerprint density at radius 3 is 2.94 bits per heavy atom. The minimum Gasteiger partial charge on any atom is -0.338 e. The predicted octanol–water partition coefficient (Wildman–Crippen LogP) is 1.23. The number of urea groups is 1. The fourth-order valence-corrected chi connectivity index (χ4v) is 2.19. The monoisotopic (exact) mass is 247 g/mol. The van der Waals surface area contributed by atoms with Crippen LogP contribution in [0, 0.1) is 0 Å². The van der Waals surface area contributed by atoms with Crippen molar-refractivity contribution in [2.45, 2.75) is 19.4 Å². The first-order valence-corrected chi connectivity index (χ1v) is 6.56. The van der Waals surface area contributed by atoms with E-state index in [0.29, 0.717) is 12.6 Å². The first kappa shape index (κ1) is 12.9. The van der Waals surface area contributed by atoms with Crippen molar-refractivity contribution in [2.75, 3.05) is 26.2 Å². The van der Waals surface area contributed by atoms with Crippen molar-refractivity contribution >= 4 is 6.03 Å². The normalized spacial score (nSPS) is 19.6. The van der Waals surface area contributed by atoms with Crippen molar-refractivity contribution in [2.24, 2.45) is 0 Å². The second kappa shape index (κ2) is 6.40. The molecule has 1 heterocycles. The molecule has 1 aromatic carbocycles. The Morgan fingerprint density at radius 2 is 2.22 bits per heavy atom. The van der Waals surface area contributed by atoms with Crippen LogP contribution in [-0.2, 0) is 6.42 Å². The van der Waals surface area contributed by atoms with E-state index in [9.17, 15) is 4.79 Å². The van der Waals surface area contributed by atoms with Gasteiger partial charge in [-0.05, 0) is 18.9 Å². The maximum absolute atomic E-state index is 11.9. The van der Waals surface area contributed by atoms with Crippen molar-refractivity contribution in [1.29, 1.82) is 0 Å². The fourth-order valence-electron chi connectivity index (χ4n) is 2.19. The molecule has 2 amide bonds. The molecule has 1 atom stereocenters. The van der Waals surface area contributed by atoms with Crippen LogP contribution in [0.2, 0.25) is 0 Å². The molecular formula is C14H21N3O. The number of nitrogens with zero attached hydrogens (tertiary/aromatic N) is 1. The summed E-state index contributed by atoms with van der Waals surface area (Å²) in [6.07, 6.45) is 0.883. The lowest BCUT2D eigenvalue weighted by molar-refractivity contribution is 0.179. The first-order chi connectivity index (χ1) is 8.75. The van der Waals surface area contributed by atoms with Gasteiger partial charge >= 0.3 is 6.03 Å². The van der Waals surface area contributed by atoms with Gasteiger partial charge in [-0.2, -0.15) is 0 Å². The topological polar surface area (TPSA) is 44.4 Å². The van der Waals surface area contributed by atoms with Gasteiger partial charge in [0.15, 0.2) is 0 Å². The molecule has 0 radical (unpaired) electrons. The molecule has 4 nitrogen and oxygen atoms in total. The van der Waals surface area contributed by atoms with E-state index in [0.717, 1.165) is 26.1 Å². The molecule has 0 bridgehead atoms. The Labute approximate surface area is 108 Å². The van der Waals surface area contributed by atoms with Gasteiger partial charge < -0.3 is 15.5 Å². The highest BCUT2D eigenvalue weighted by atomic mass is 16.2. The van der Waals surface area contributed by atoms with Gasteiger partial charge in [-0.3, -0.25) is 0 Å². The Morgan fingerprint density at radius 1 is 1.44 bits per heavy atom. The minimum absolute atomic E-state index is 0.0549. The Hall–Kier alpha value is -1.55. The SMILES string of the molecule is CC1CN(C(=O)NCCc2ccccc2)CCN1. The van der Waals surface area contributed by atoms with E-state index in [1.807, 2.05) is 23.1 Å². The maximum Gasteiger partial charge on any atom is 0.317 e. The Kier molecular flexibility index (Phi) is 4.59. The number of carbonyl (C=O) groups is 1. The van der Waals surface area contributed by atoms with Gasteiger partial charge in [-0.1, -0.05) is 30.3 Å². The molecule has 0 spiro atoms. The average molecular weight is 247 g/mol. The lowest BCUT2D eigenvalue weighted by Gasteiger charge is -2.31. The van der Waals surface area contributed by atoms with Crippen LogP contribution in [-0.4, -0.2) is 43.2 Å². The van der Waals surface area contributed by atoms with Crippen molar-refractivity contribution < 1.29 is 4.79 Å². The quantitative estimate of drug-likeness (QED) is 0.844. The van der Waals surface area contributed by atoms with Crippen LogP contribution in [0.1, 0.15) is 12.5 Å². The average Bonchev–Trinajstić information content (AvgIpc) is 2.40. The smallest absolute Gasteiger partial charge is 0.317 e. The third kappa shape index (κ3) is 3.74. The van der Waals surface area contributed by atoms with Crippen LogP contribution >= 0.6 is 0 Å². The van der Waals surface area contributed by atoms with E-state index in [2.05, 4.69) is 29.7 Å². The molecule has 1 aliphatic heterocycles. The van der Waals surface area contributed by atoms with Gasteiger partial charge in [0.25, 0.3) is 0 Å². The Bertz CT molecular complexity index is 380. The molecule has 1 aromatic rings. The van der Waals surface area contributed by atoms with Gasteiger partial charge in [0, 0.05) is 32.2 Å². The molecule has 0 aliphatic carbocycles. The third-order valence-corrected chi connectivity index (χ3v) is 3.19. The largest absolute Gasteiger partial charge is 0.338 e. The number of benzene rings is 1. The number of carbonyl (C=O) groups excluding carboxylic acids is 1. The Balaban J connectivity index is 1.71. The van der Waals surface area contributed by atoms with Gasteiger partial charge in [0.2, 0.25) is 0 Å². The molecular weight excluding hydrogens is 226 g/mol. The van der Waals surface area contributed by atoms with Gasteiger partial charge in [0.1, 0.15) is 0 Å². The molecule has 98 valence electrons. The number of piperazine rings is 1. The second-order valence-corrected chi connectivity index (χ2v) is 4.77. The molecule has 2 rings (SSSR count). The van der Waals surface area contributed by atoms with Crippen LogP contribution in [0.3, 0.4) is 0 Å². The van der Waals surface area contributed by atoms with E-state index in [1.54, 1.807) is 0 Å². The summed E-state index contributed by atoms with van der Waals surface area (Å²) in [5.41, 5.74) is 1.26. The van der Waals surface area contributed by atoms with Gasteiger partial charge in [-0.25, -0.2) is 4.79 Å². The van der Waals surface area contributed by atoms with Crippen LogP contribution in [0.4, 0.5) is 4.79 Å². The highest BCUT2D eigenvalue weighted by Crippen LogP contribution is 2.00. The van der Waals surface area contributed by atoms with E-state index >= 15 is 0 Å². The summed E-state index contributed by atoms with van der Waals surface area (Å²) < 4.78 is 0. The standard InChI is InChI=1S/C14H21N3O/c1-12-11-17(10-9-15-12)14(18)16-8-7-13-5-3-2-4-6-13/h2-6,12,15H,7-11H2,1H3,(H,16,18). The molecule has 4 heteroatoms. The highest BCUT2D eigenvalue weighted by molar-refractivity contribution is 5.74. The summed E-state index contributed by atoms with van der Waals surface area (Å²) in [4.78, 5) is 13.8. The lowest BCUT2D eigenvalue weighted by Crippen LogP contribution is -2.54. The van der Waals surface area contributed by atoms with Crippen LogP contribution in [0.5, 0.6) is 0 Å². The summed E-state index contributed by atoms with van der Waals surface area (Å²) in [6, 6.07) is 10.7. The molecule has 2 N–H and O–H groups in total. The van der Waals surface area contributed by atoms with Crippen molar-refractivity contribution in [3.8, 4) is 0 Å². The van der Waals surface area contributed by atoms with Crippen LogP contribution in [0.15, 0.2) is 30.3 Å². The highest BCUT2D eigenvalue weighted by Gasteiger charge is 2.19. The summed E-state index contributed by atoms with van der Waals surface area (Å²) >= 11 is 0. The van der Waals surface area contributed by atoms with E-state index < -0.39 is 0 Å². The summed E-state index contributed by atoms with van der Waals surface area (Å²) in [6.45, 7) is 5.26. The number of hydrogen-bond donors (Lipinski definition) is 2. The number of nitrogens with one attached hydrogen (secondary N) is 2. The maximum atomic E-state index is 11.9. The first-order valence-electron chi connectivity index (χ1n) is 6.56. The zero-order chi connectivity index (χ0) is 12.8. The number of rotatable bonds is 3. The van der Waals surface area contributed by atoms with Crippen molar-refractivity contribution in [1.82, 2.24) is 15.5 Å². The molecule has 0 aromatic heterocycles. The predicted molar refractivity (Wildman–Crippen MR) is 72.6 cm³/mol.